The van der Waals surface area contributed by atoms with E-state index in [4.69, 9.17) is 5.11 Å². The summed E-state index contributed by atoms with van der Waals surface area (Å²) < 4.78 is 25.7. The Kier molecular flexibility index (Phi) is 4.46. The third-order valence-electron chi connectivity index (χ3n) is 2.98. The second kappa shape index (κ2) is 6.09. The van der Waals surface area contributed by atoms with E-state index in [0.717, 1.165) is 12.8 Å². The highest BCUT2D eigenvalue weighted by molar-refractivity contribution is 7.92. The lowest BCUT2D eigenvalue weighted by Gasteiger charge is -2.29. The van der Waals surface area contributed by atoms with E-state index in [1.165, 1.54) is 4.31 Å². The molecule has 0 amide bonds. The van der Waals surface area contributed by atoms with Gasteiger partial charge in [0.2, 0.25) is 10.0 Å². The van der Waals surface area contributed by atoms with Crippen LogP contribution in [0.25, 0.3) is 0 Å². The molecular weight excluding hydrogens is 262 g/mol. The van der Waals surface area contributed by atoms with Crippen LogP contribution in [-0.4, -0.2) is 32.4 Å². The topological polar surface area (TPSA) is 57.6 Å². The largest absolute Gasteiger partial charge is 0.395 e. The summed E-state index contributed by atoms with van der Waals surface area (Å²) in [6, 6.07) is 7.25. The first-order valence-corrected chi connectivity index (χ1v) is 7.95. The maximum atomic E-state index is 12.1. The van der Waals surface area contributed by atoms with Crippen molar-refractivity contribution in [2.45, 2.75) is 19.3 Å². The first-order valence-electron chi connectivity index (χ1n) is 6.34. The van der Waals surface area contributed by atoms with Gasteiger partial charge in [0.25, 0.3) is 0 Å². The minimum absolute atomic E-state index is 0.0111. The Labute approximate surface area is 114 Å². The number of aliphatic hydroxyl groups is 1. The average Bonchev–Trinajstić information content (AvgIpc) is 2.39. The molecule has 2 rings (SSSR count). The zero-order valence-electron chi connectivity index (χ0n) is 10.7. The van der Waals surface area contributed by atoms with E-state index < -0.39 is 10.0 Å². The van der Waals surface area contributed by atoms with Gasteiger partial charge in [-0.1, -0.05) is 24.0 Å². The summed E-state index contributed by atoms with van der Waals surface area (Å²) in [6.07, 6.45) is 1.98. The van der Waals surface area contributed by atoms with Crippen LogP contribution in [0.4, 0.5) is 5.69 Å². The van der Waals surface area contributed by atoms with Crippen molar-refractivity contribution in [2.75, 3.05) is 23.2 Å². The van der Waals surface area contributed by atoms with Crippen molar-refractivity contribution in [1.82, 2.24) is 0 Å². The molecule has 0 atom stereocenters. The van der Waals surface area contributed by atoms with Gasteiger partial charge in [0.1, 0.15) is 0 Å². The number of sulfonamides is 1. The Morgan fingerprint density at radius 2 is 2.05 bits per heavy atom. The molecular formula is C14H17NO3S. The summed E-state index contributed by atoms with van der Waals surface area (Å²) in [7, 11) is -3.21. The minimum atomic E-state index is -3.21. The number of para-hydroxylation sites is 1. The average molecular weight is 279 g/mol. The van der Waals surface area contributed by atoms with Gasteiger partial charge < -0.3 is 5.11 Å². The molecule has 0 saturated carbocycles. The number of hydrogen-bond donors (Lipinski definition) is 1. The SMILES string of the molecule is O=S1(=O)CCCCN1c1ccccc1C#CCCO. The van der Waals surface area contributed by atoms with Gasteiger partial charge in [-0.05, 0) is 25.0 Å². The number of rotatable bonds is 2. The number of aliphatic hydroxyl groups excluding tert-OH is 1. The Hall–Kier alpha value is -1.51. The van der Waals surface area contributed by atoms with Crippen molar-refractivity contribution in [1.29, 1.82) is 0 Å². The fourth-order valence-corrected chi connectivity index (χ4v) is 3.73. The van der Waals surface area contributed by atoms with Gasteiger partial charge in [-0.3, -0.25) is 4.31 Å². The van der Waals surface area contributed by atoms with Crippen LogP contribution in [0, 0.1) is 11.8 Å². The normalized spacial score (nSPS) is 17.6. The number of anilines is 1. The molecule has 1 heterocycles. The van der Waals surface area contributed by atoms with Crippen molar-refractivity contribution >= 4 is 15.7 Å². The molecule has 19 heavy (non-hydrogen) atoms. The quantitative estimate of drug-likeness (QED) is 0.831. The van der Waals surface area contributed by atoms with Gasteiger partial charge >= 0.3 is 0 Å². The highest BCUT2D eigenvalue weighted by atomic mass is 32.2. The van der Waals surface area contributed by atoms with Crippen LogP contribution < -0.4 is 4.31 Å². The lowest BCUT2D eigenvalue weighted by Crippen LogP contribution is -2.38. The van der Waals surface area contributed by atoms with E-state index in [1.807, 2.05) is 18.2 Å². The van der Waals surface area contributed by atoms with Crippen LogP contribution in [0.1, 0.15) is 24.8 Å². The Balaban J connectivity index is 2.37. The van der Waals surface area contributed by atoms with Gasteiger partial charge in [-0.2, -0.15) is 0 Å². The third kappa shape index (κ3) is 3.28. The number of hydrogen-bond acceptors (Lipinski definition) is 3. The van der Waals surface area contributed by atoms with E-state index in [0.29, 0.717) is 24.2 Å². The van der Waals surface area contributed by atoms with Crippen LogP contribution in [-0.2, 0) is 10.0 Å². The first kappa shape index (κ1) is 13.9. The Morgan fingerprint density at radius 3 is 2.79 bits per heavy atom. The second-order valence-electron chi connectivity index (χ2n) is 4.39. The monoisotopic (exact) mass is 279 g/mol. The molecule has 0 spiro atoms. The van der Waals surface area contributed by atoms with E-state index >= 15 is 0 Å². The number of benzene rings is 1. The van der Waals surface area contributed by atoms with Crippen LogP contribution >= 0.6 is 0 Å². The van der Waals surface area contributed by atoms with Crippen molar-refractivity contribution < 1.29 is 13.5 Å². The molecule has 1 aromatic carbocycles. The van der Waals surface area contributed by atoms with Crippen molar-refractivity contribution in [3.05, 3.63) is 29.8 Å². The predicted octanol–water partition coefficient (Wildman–Crippen LogP) is 1.35. The summed E-state index contributed by atoms with van der Waals surface area (Å²) in [6.45, 7) is 0.526. The fraction of sp³-hybridized carbons (Fsp3) is 0.429. The zero-order chi connectivity index (χ0) is 13.7. The molecule has 1 saturated heterocycles. The molecule has 1 fully saturated rings. The van der Waals surface area contributed by atoms with E-state index in [-0.39, 0.29) is 12.4 Å². The molecule has 1 N–H and O–H groups in total. The van der Waals surface area contributed by atoms with Crippen molar-refractivity contribution in [2.24, 2.45) is 0 Å². The van der Waals surface area contributed by atoms with Gasteiger partial charge in [0.15, 0.2) is 0 Å². The molecule has 0 aromatic heterocycles. The standard InChI is InChI=1S/C14H17NO3S/c16-11-5-3-8-13-7-1-2-9-14(13)15-10-4-6-12-19(15,17)18/h1-2,7,9,16H,4-6,10-12H2. The number of nitrogens with zero attached hydrogens (tertiary/aromatic N) is 1. The molecule has 102 valence electrons. The van der Waals surface area contributed by atoms with Crippen LogP contribution in [0.3, 0.4) is 0 Å². The van der Waals surface area contributed by atoms with E-state index in [1.54, 1.807) is 6.07 Å². The van der Waals surface area contributed by atoms with Crippen LogP contribution in [0.5, 0.6) is 0 Å². The van der Waals surface area contributed by atoms with Gasteiger partial charge in [0.05, 0.1) is 18.0 Å². The smallest absolute Gasteiger partial charge is 0.235 e. The summed E-state index contributed by atoms with van der Waals surface area (Å²) in [5.41, 5.74) is 1.34. The Bertz CT molecular complexity index is 599. The van der Waals surface area contributed by atoms with E-state index in [9.17, 15) is 8.42 Å². The van der Waals surface area contributed by atoms with Gasteiger partial charge in [-0.15, -0.1) is 0 Å². The lowest BCUT2D eigenvalue weighted by molar-refractivity contribution is 0.305. The van der Waals surface area contributed by atoms with Crippen molar-refractivity contribution in [3.63, 3.8) is 0 Å². The molecule has 1 aliphatic heterocycles. The molecule has 0 unspecified atom stereocenters. The summed E-state index contributed by atoms with van der Waals surface area (Å²) >= 11 is 0. The lowest BCUT2D eigenvalue weighted by atomic mass is 10.1. The summed E-state index contributed by atoms with van der Waals surface area (Å²) in [5.74, 6) is 5.97. The summed E-state index contributed by atoms with van der Waals surface area (Å²) in [4.78, 5) is 0. The van der Waals surface area contributed by atoms with Crippen LogP contribution in [0.15, 0.2) is 24.3 Å². The maximum absolute atomic E-state index is 12.1. The molecule has 0 radical (unpaired) electrons. The van der Waals surface area contributed by atoms with Crippen LogP contribution in [0.2, 0.25) is 0 Å². The highest BCUT2D eigenvalue weighted by Gasteiger charge is 2.27. The summed E-state index contributed by atoms with van der Waals surface area (Å²) in [5, 5.41) is 8.74. The highest BCUT2D eigenvalue weighted by Crippen LogP contribution is 2.26. The molecule has 0 aliphatic carbocycles. The molecule has 0 bridgehead atoms. The minimum Gasteiger partial charge on any atom is -0.395 e. The Morgan fingerprint density at radius 1 is 1.26 bits per heavy atom. The molecule has 5 heteroatoms. The second-order valence-corrected chi connectivity index (χ2v) is 6.40. The molecule has 1 aliphatic rings. The molecule has 1 aromatic rings. The van der Waals surface area contributed by atoms with Crippen molar-refractivity contribution in [3.8, 4) is 11.8 Å². The van der Waals surface area contributed by atoms with E-state index in [2.05, 4.69) is 11.8 Å². The maximum Gasteiger partial charge on any atom is 0.235 e. The van der Waals surface area contributed by atoms with Gasteiger partial charge in [0, 0.05) is 18.5 Å². The molecule has 4 nitrogen and oxygen atoms in total. The van der Waals surface area contributed by atoms with Gasteiger partial charge in [-0.25, -0.2) is 8.42 Å². The predicted molar refractivity (Wildman–Crippen MR) is 75.4 cm³/mol. The fourth-order valence-electron chi connectivity index (χ4n) is 2.07. The third-order valence-corrected chi connectivity index (χ3v) is 4.84. The first-order chi connectivity index (χ1) is 9.15. The zero-order valence-corrected chi connectivity index (χ0v) is 11.5.